The van der Waals surface area contributed by atoms with Gasteiger partial charge in [0.2, 0.25) is 5.83 Å². The largest absolute Gasteiger partial charge is 0.439 e. The second-order valence-corrected chi connectivity index (χ2v) is 5.42. The molecule has 1 aliphatic heterocycles. The average molecular weight is 306 g/mol. The molecule has 4 heteroatoms. The monoisotopic (exact) mass is 306 g/mol. The number of ether oxygens (including phenoxy) is 1. The van der Waals surface area contributed by atoms with E-state index < -0.39 is 17.4 Å². The molecule has 0 bridgehead atoms. The van der Waals surface area contributed by atoms with Gasteiger partial charge in [-0.25, -0.2) is 4.79 Å². The molecule has 0 amide bonds. The molecular formula is C19H11FO3. The number of allylic oxidation sites excluding steroid dienone is 1. The van der Waals surface area contributed by atoms with Crippen LogP contribution in [0.3, 0.4) is 0 Å². The van der Waals surface area contributed by atoms with Crippen LogP contribution in [0, 0.1) is 0 Å². The van der Waals surface area contributed by atoms with Crippen LogP contribution >= 0.6 is 0 Å². The summed E-state index contributed by atoms with van der Waals surface area (Å²) < 4.78 is 20.0. The quantitative estimate of drug-likeness (QED) is 0.756. The Hall–Kier alpha value is -3.01. The van der Waals surface area contributed by atoms with E-state index >= 15 is 0 Å². The van der Waals surface area contributed by atoms with E-state index in [0.29, 0.717) is 16.7 Å². The van der Waals surface area contributed by atoms with Crippen LogP contribution in [0.5, 0.6) is 0 Å². The van der Waals surface area contributed by atoms with E-state index in [4.69, 9.17) is 4.74 Å². The van der Waals surface area contributed by atoms with Gasteiger partial charge in [-0.3, -0.25) is 4.79 Å². The standard InChI is InChI=1S/C19H11FO3/c20-17-16(12-6-2-1-3-7-12)19(23-18(17)22)11-10-15(21)13-8-4-5-9-14(13)19/h1-11H. The summed E-state index contributed by atoms with van der Waals surface area (Å²) in [6.07, 6.45) is 2.79. The van der Waals surface area contributed by atoms with Gasteiger partial charge in [-0.2, -0.15) is 4.39 Å². The lowest BCUT2D eigenvalue weighted by atomic mass is 9.77. The lowest BCUT2D eigenvalue weighted by Crippen LogP contribution is -2.31. The summed E-state index contributed by atoms with van der Waals surface area (Å²) in [5.74, 6) is -2.13. The van der Waals surface area contributed by atoms with Gasteiger partial charge in [-0.15, -0.1) is 0 Å². The molecule has 0 N–H and O–H groups in total. The summed E-state index contributed by atoms with van der Waals surface area (Å²) in [6.45, 7) is 0. The molecule has 1 unspecified atom stereocenters. The van der Waals surface area contributed by atoms with Crippen molar-refractivity contribution in [3.63, 3.8) is 0 Å². The fourth-order valence-corrected chi connectivity index (χ4v) is 3.15. The molecule has 1 aliphatic carbocycles. The Balaban J connectivity index is 2.03. The Morgan fingerprint density at radius 3 is 2.39 bits per heavy atom. The highest BCUT2D eigenvalue weighted by molar-refractivity contribution is 6.11. The SMILES string of the molecule is O=C1OC2(C=CC(=O)c3ccccc32)C(c2ccccc2)=C1F. The Morgan fingerprint density at radius 2 is 1.61 bits per heavy atom. The summed E-state index contributed by atoms with van der Waals surface area (Å²) in [5, 5.41) is 0. The summed E-state index contributed by atoms with van der Waals surface area (Å²) in [6, 6.07) is 15.5. The first kappa shape index (κ1) is 13.6. The molecule has 1 heterocycles. The smallest absolute Gasteiger partial charge is 0.369 e. The summed E-state index contributed by atoms with van der Waals surface area (Å²) >= 11 is 0. The number of fused-ring (bicyclic) bond motifs is 2. The van der Waals surface area contributed by atoms with Crippen LogP contribution in [-0.2, 0) is 15.1 Å². The third-order valence-electron chi connectivity index (χ3n) is 4.15. The van der Waals surface area contributed by atoms with Gasteiger partial charge in [-0.05, 0) is 17.7 Å². The molecule has 0 fully saturated rings. The van der Waals surface area contributed by atoms with E-state index in [9.17, 15) is 14.0 Å². The van der Waals surface area contributed by atoms with E-state index in [-0.39, 0.29) is 11.4 Å². The van der Waals surface area contributed by atoms with Crippen molar-refractivity contribution in [2.45, 2.75) is 5.60 Å². The highest BCUT2D eigenvalue weighted by atomic mass is 19.1. The van der Waals surface area contributed by atoms with Crippen LogP contribution in [0.2, 0.25) is 0 Å². The Kier molecular flexibility index (Phi) is 2.81. The number of rotatable bonds is 1. The highest BCUT2D eigenvalue weighted by Crippen LogP contribution is 2.50. The van der Waals surface area contributed by atoms with E-state index in [1.54, 1.807) is 54.6 Å². The summed E-state index contributed by atoms with van der Waals surface area (Å²) in [7, 11) is 0. The molecule has 2 aromatic rings. The molecule has 23 heavy (non-hydrogen) atoms. The number of carbonyl (C=O) groups is 2. The van der Waals surface area contributed by atoms with E-state index in [2.05, 4.69) is 0 Å². The predicted molar refractivity (Wildman–Crippen MR) is 82.2 cm³/mol. The third kappa shape index (κ3) is 1.81. The molecular weight excluding hydrogens is 295 g/mol. The van der Waals surface area contributed by atoms with E-state index in [1.807, 2.05) is 0 Å². The van der Waals surface area contributed by atoms with Crippen molar-refractivity contribution >= 4 is 17.3 Å². The van der Waals surface area contributed by atoms with Gasteiger partial charge in [-0.1, -0.05) is 54.6 Å². The maximum atomic E-state index is 14.6. The number of halogens is 1. The van der Waals surface area contributed by atoms with Crippen molar-refractivity contribution in [3.05, 3.63) is 89.3 Å². The maximum Gasteiger partial charge on any atom is 0.369 e. The molecule has 112 valence electrons. The Labute approximate surface area is 131 Å². The van der Waals surface area contributed by atoms with Gasteiger partial charge in [0.25, 0.3) is 0 Å². The van der Waals surface area contributed by atoms with Crippen molar-refractivity contribution in [2.24, 2.45) is 0 Å². The normalized spacial score (nSPS) is 22.5. The van der Waals surface area contributed by atoms with Crippen LogP contribution < -0.4 is 0 Å². The van der Waals surface area contributed by atoms with Gasteiger partial charge in [0.05, 0.1) is 5.57 Å². The third-order valence-corrected chi connectivity index (χ3v) is 4.15. The van der Waals surface area contributed by atoms with E-state index in [1.165, 1.54) is 12.2 Å². The van der Waals surface area contributed by atoms with Gasteiger partial charge in [0.15, 0.2) is 11.4 Å². The Bertz CT molecular complexity index is 896. The molecule has 0 saturated carbocycles. The molecule has 2 aromatic carbocycles. The van der Waals surface area contributed by atoms with Crippen LogP contribution in [0.1, 0.15) is 21.5 Å². The van der Waals surface area contributed by atoms with E-state index in [0.717, 1.165) is 0 Å². The lowest BCUT2D eigenvalue weighted by molar-refractivity contribution is -0.145. The fraction of sp³-hybridized carbons (Fsp3) is 0.0526. The first-order valence-electron chi connectivity index (χ1n) is 7.15. The van der Waals surface area contributed by atoms with Crippen molar-refractivity contribution < 1.29 is 18.7 Å². The average Bonchev–Trinajstić information content (AvgIpc) is 2.84. The van der Waals surface area contributed by atoms with Gasteiger partial charge in [0.1, 0.15) is 0 Å². The number of benzene rings is 2. The number of esters is 1. The summed E-state index contributed by atoms with van der Waals surface area (Å²) in [4.78, 5) is 24.0. The van der Waals surface area contributed by atoms with Crippen molar-refractivity contribution in [1.82, 2.24) is 0 Å². The molecule has 0 saturated heterocycles. The number of hydrogen-bond acceptors (Lipinski definition) is 3. The van der Waals surface area contributed by atoms with Crippen molar-refractivity contribution in [1.29, 1.82) is 0 Å². The number of ketones is 1. The van der Waals surface area contributed by atoms with Crippen LogP contribution in [0.25, 0.3) is 5.57 Å². The number of carbonyl (C=O) groups excluding carboxylic acids is 2. The molecule has 4 rings (SSSR count). The fourth-order valence-electron chi connectivity index (χ4n) is 3.15. The molecule has 0 radical (unpaired) electrons. The minimum atomic E-state index is -1.40. The van der Waals surface area contributed by atoms with Gasteiger partial charge < -0.3 is 4.74 Å². The molecule has 0 aromatic heterocycles. The second kappa shape index (κ2) is 4.74. The van der Waals surface area contributed by atoms with Crippen LogP contribution in [0.15, 0.2) is 72.6 Å². The van der Waals surface area contributed by atoms with Gasteiger partial charge in [0, 0.05) is 11.1 Å². The first-order chi connectivity index (χ1) is 11.1. The van der Waals surface area contributed by atoms with Crippen LogP contribution in [0.4, 0.5) is 4.39 Å². The Morgan fingerprint density at radius 1 is 0.913 bits per heavy atom. The van der Waals surface area contributed by atoms with Gasteiger partial charge >= 0.3 is 5.97 Å². The maximum absolute atomic E-state index is 14.6. The zero-order valence-electron chi connectivity index (χ0n) is 12.0. The second-order valence-electron chi connectivity index (χ2n) is 5.42. The predicted octanol–water partition coefficient (Wildman–Crippen LogP) is 3.57. The minimum absolute atomic E-state index is 0.138. The zero-order valence-corrected chi connectivity index (χ0v) is 12.0. The molecule has 3 nitrogen and oxygen atoms in total. The molecule has 1 spiro atoms. The minimum Gasteiger partial charge on any atom is -0.439 e. The number of hydrogen-bond donors (Lipinski definition) is 0. The lowest BCUT2D eigenvalue weighted by Gasteiger charge is -2.32. The van der Waals surface area contributed by atoms with Crippen molar-refractivity contribution in [3.8, 4) is 0 Å². The highest BCUT2D eigenvalue weighted by Gasteiger charge is 2.51. The zero-order chi connectivity index (χ0) is 16.0. The van der Waals surface area contributed by atoms with Crippen LogP contribution in [-0.4, -0.2) is 11.8 Å². The molecule has 1 atom stereocenters. The summed E-state index contributed by atoms with van der Waals surface area (Å²) in [5.41, 5.74) is 0.176. The first-order valence-corrected chi connectivity index (χ1v) is 7.15. The topological polar surface area (TPSA) is 43.4 Å². The van der Waals surface area contributed by atoms with Crippen molar-refractivity contribution in [2.75, 3.05) is 0 Å². The molecule has 2 aliphatic rings.